The van der Waals surface area contributed by atoms with Gasteiger partial charge in [-0.15, -0.1) is 12.4 Å². The van der Waals surface area contributed by atoms with E-state index in [0.717, 1.165) is 35.1 Å². The van der Waals surface area contributed by atoms with E-state index >= 15 is 0 Å². The molecule has 2 atom stereocenters. The molecule has 19 heavy (non-hydrogen) atoms. The number of nitrogens with two attached hydrogens (primary N) is 1. The molecule has 0 aromatic heterocycles. The smallest absolute Gasteiger partial charge is 0.242 e. The molecule has 0 saturated carbocycles. The number of benzene rings is 1. The molecule has 106 valence electrons. The second-order valence-electron chi connectivity index (χ2n) is 4.52. The van der Waals surface area contributed by atoms with Gasteiger partial charge in [-0.05, 0) is 47.1 Å². The van der Waals surface area contributed by atoms with Gasteiger partial charge in [-0.25, -0.2) is 0 Å². The van der Waals surface area contributed by atoms with Crippen molar-refractivity contribution in [1.82, 2.24) is 4.90 Å². The minimum absolute atomic E-state index is 0. The Hall–Kier alpha value is -0.370. The van der Waals surface area contributed by atoms with Crippen LogP contribution >= 0.6 is 35.0 Å². The van der Waals surface area contributed by atoms with Gasteiger partial charge in [-0.3, -0.25) is 4.79 Å². The van der Waals surface area contributed by atoms with Crippen molar-refractivity contribution in [3.63, 3.8) is 0 Å². The zero-order valence-corrected chi connectivity index (χ0v) is 13.4. The molecule has 1 heterocycles. The van der Waals surface area contributed by atoms with Crippen LogP contribution in [0, 0.1) is 3.57 Å². The highest BCUT2D eigenvalue weighted by Gasteiger charge is 2.30. The second-order valence-corrected chi connectivity index (χ2v) is 5.69. The van der Waals surface area contributed by atoms with Crippen LogP contribution < -0.4 is 5.73 Å². The average Bonchev–Trinajstić information content (AvgIpc) is 2.90. The summed E-state index contributed by atoms with van der Waals surface area (Å²) in [6.45, 7) is 1.51. The predicted octanol–water partition coefficient (Wildman–Crippen LogP) is 1.70. The van der Waals surface area contributed by atoms with E-state index in [-0.39, 0.29) is 18.3 Å². The lowest BCUT2D eigenvalue weighted by Gasteiger charge is -2.24. The second kappa shape index (κ2) is 7.42. The van der Waals surface area contributed by atoms with Crippen molar-refractivity contribution in [2.24, 2.45) is 5.73 Å². The van der Waals surface area contributed by atoms with Gasteiger partial charge in [0.05, 0.1) is 0 Å². The Morgan fingerprint density at radius 1 is 1.32 bits per heavy atom. The van der Waals surface area contributed by atoms with Gasteiger partial charge in [0.2, 0.25) is 5.91 Å². The molecule has 1 aromatic carbocycles. The Labute approximate surface area is 132 Å². The normalized spacial score (nSPS) is 17.7. The van der Waals surface area contributed by atoms with Gasteiger partial charge in [0.15, 0.2) is 0 Å². The first-order chi connectivity index (χ1) is 8.61. The molecule has 1 saturated heterocycles. The summed E-state index contributed by atoms with van der Waals surface area (Å²) in [5.41, 5.74) is 6.62. The Kier molecular flexibility index (Phi) is 6.52. The molecule has 1 aliphatic rings. The molecule has 1 amide bonds. The van der Waals surface area contributed by atoms with Crippen LogP contribution in [0.5, 0.6) is 0 Å². The number of hydrogen-bond acceptors (Lipinski definition) is 3. The van der Waals surface area contributed by atoms with Crippen LogP contribution in [-0.2, 0) is 4.79 Å². The van der Waals surface area contributed by atoms with Gasteiger partial charge < -0.3 is 15.7 Å². The third-order valence-corrected chi connectivity index (χ3v) is 4.25. The molecule has 1 aromatic rings. The Morgan fingerprint density at radius 3 is 2.47 bits per heavy atom. The molecule has 2 unspecified atom stereocenters. The lowest BCUT2D eigenvalue weighted by Crippen LogP contribution is -2.46. The Morgan fingerprint density at radius 2 is 1.89 bits per heavy atom. The number of amides is 1. The molecule has 6 heteroatoms. The van der Waals surface area contributed by atoms with Crippen LogP contribution in [0.25, 0.3) is 0 Å². The fourth-order valence-electron chi connectivity index (χ4n) is 2.19. The maximum absolute atomic E-state index is 12.1. The van der Waals surface area contributed by atoms with E-state index in [4.69, 9.17) is 5.73 Å². The Bertz CT molecular complexity index is 438. The number of hydrogen-bond donors (Lipinski definition) is 2. The number of carbonyl (C=O) groups is 1. The summed E-state index contributed by atoms with van der Waals surface area (Å²) in [5.74, 6) is -0.153. The topological polar surface area (TPSA) is 66.6 Å². The predicted molar refractivity (Wildman–Crippen MR) is 85.2 cm³/mol. The number of carbonyl (C=O) groups excluding carboxylic acids is 1. The van der Waals surface area contributed by atoms with Gasteiger partial charge in [0, 0.05) is 16.7 Å². The molecular weight excluding hydrogens is 379 g/mol. The number of rotatable bonds is 3. The van der Waals surface area contributed by atoms with Crippen LogP contribution in [0.1, 0.15) is 24.5 Å². The molecule has 0 aliphatic carbocycles. The summed E-state index contributed by atoms with van der Waals surface area (Å²) < 4.78 is 0.923. The fraction of sp³-hybridized carbons (Fsp3) is 0.462. The number of aliphatic hydroxyl groups excluding tert-OH is 1. The van der Waals surface area contributed by atoms with Gasteiger partial charge in [-0.1, -0.05) is 18.2 Å². The summed E-state index contributed by atoms with van der Waals surface area (Å²) in [5, 5.41) is 10.2. The number of nitrogens with zero attached hydrogens (tertiary/aromatic N) is 1. The van der Waals surface area contributed by atoms with Crippen molar-refractivity contribution in [2.45, 2.75) is 25.0 Å². The van der Waals surface area contributed by atoms with Crippen LogP contribution in [0.15, 0.2) is 24.3 Å². The first-order valence-corrected chi connectivity index (χ1v) is 7.16. The highest BCUT2D eigenvalue weighted by molar-refractivity contribution is 14.1. The summed E-state index contributed by atoms with van der Waals surface area (Å²) >= 11 is 2.14. The average molecular weight is 397 g/mol. The SMILES string of the molecule is Cl.NC(C(=O)N1CCCC1)C(O)c1ccccc1I. The van der Waals surface area contributed by atoms with Crippen molar-refractivity contribution in [3.8, 4) is 0 Å². The van der Waals surface area contributed by atoms with Crippen LogP contribution in [0.2, 0.25) is 0 Å². The highest BCUT2D eigenvalue weighted by Crippen LogP contribution is 2.23. The molecule has 3 N–H and O–H groups in total. The van der Waals surface area contributed by atoms with Crippen LogP contribution in [-0.4, -0.2) is 35.0 Å². The number of aliphatic hydroxyl groups is 1. The zero-order chi connectivity index (χ0) is 13.1. The van der Waals surface area contributed by atoms with E-state index < -0.39 is 12.1 Å². The quantitative estimate of drug-likeness (QED) is 0.764. The fourth-order valence-corrected chi connectivity index (χ4v) is 2.90. The standard InChI is InChI=1S/C13H17IN2O2.ClH/c14-10-6-2-1-5-9(10)12(17)11(15)13(18)16-7-3-4-8-16;/h1-2,5-6,11-12,17H,3-4,7-8,15H2;1H. The summed E-state index contributed by atoms with van der Waals surface area (Å²) in [6.07, 6.45) is 1.11. The molecule has 2 rings (SSSR count). The van der Waals surface area contributed by atoms with E-state index in [9.17, 15) is 9.90 Å². The first kappa shape index (κ1) is 16.7. The van der Waals surface area contributed by atoms with Gasteiger partial charge in [-0.2, -0.15) is 0 Å². The number of halogens is 2. The minimum Gasteiger partial charge on any atom is -0.386 e. The first-order valence-electron chi connectivity index (χ1n) is 6.08. The third kappa shape index (κ3) is 3.81. The summed E-state index contributed by atoms with van der Waals surface area (Å²) in [7, 11) is 0. The van der Waals surface area contributed by atoms with E-state index in [1.807, 2.05) is 24.3 Å². The minimum atomic E-state index is -0.939. The molecule has 1 fully saturated rings. The van der Waals surface area contributed by atoms with Crippen molar-refractivity contribution in [2.75, 3.05) is 13.1 Å². The third-order valence-electron chi connectivity index (χ3n) is 3.27. The van der Waals surface area contributed by atoms with Gasteiger partial charge in [0.25, 0.3) is 0 Å². The molecule has 0 spiro atoms. The maximum atomic E-state index is 12.1. The van der Waals surface area contributed by atoms with Crippen molar-refractivity contribution >= 4 is 40.9 Å². The molecule has 0 bridgehead atoms. The van der Waals surface area contributed by atoms with Crippen molar-refractivity contribution in [3.05, 3.63) is 33.4 Å². The van der Waals surface area contributed by atoms with Crippen molar-refractivity contribution < 1.29 is 9.90 Å². The molecule has 4 nitrogen and oxygen atoms in total. The molecular formula is C13H18ClIN2O2. The number of likely N-dealkylation sites (tertiary alicyclic amines) is 1. The summed E-state index contributed by atoms with van der Waals surface area (Å²) in [6, 6.07) is 6.56. The lowest BCUT2D eigenvalue weighted by molar-refractivity contribution is -0.134. The largest absolute Gasteiger partial charge is 0.386 e. The monoisotopic (exact) mass is 396 g/mol. The lowest BCUT2D eigenvalue weighted by atomic mass is 10.0. The maximum Gasteiger partial charge on any atom is 0.242 e. The highest BCUT2D eigenvalue weighted by atomic mass is 127. The van der Waals surface area contributed by atoms with E-state index in [2.05, 4.69) is 22.6 Å². The van der Waals surface area contributed by atoms with Crippen LogP contribution in [0.4, 0.5) is 0 Å². The van der Waals surface area contributed by atoms with Crippen LogP contribution in [0.3, 0.4) is 0 Å². The van der Waals surface area contributed by atoms with Crippen molar-refractivity contribution in [1.29, 1.82) is 0 Å². The van der Waals surface area contributed by atoms with E-state index in [1.165, 1.54) is 0 Å². The van der Waals surface area contributed by atoms with Gasteiger partial charge >= 0.3 is 0 Å². The summed E-state index contributed by atoms with van der Waals surface area (Å²) in [4.78, 5) is 13.8. The van der Waals surface area contributed by atoms with Gasteiger partial charge in [0.1, 0.15) is 12.1 Å². The Balaban J connectivity index is 0.00000180. The molecule has 1 aliphatic heterocycles. The zero-order valence-electron chi connectivity index (χ0n) is 10.5. The van der Waals surface area contributed by atoms with E-state index in [1.54, 1.807) is 4.90 Å². The molecule has 0 radical (unpaired) electrons. The van der Waals surface area contributed by atoms with E-state index in [0.29, 0.717) is 0 Å².